The third-order valence-corrected chi connectivity index (χ3v) is 3.07. The maximum atomic E-state index is 11.6. The Balaban J connectivity index is 2.73. The molecule has 4 N–H and O–H groups in total. The highest BCUT2D eigenvalue weighted by atomic mass is 79.9. The SMILES string of the molecule is CNC(=O)C(C)(C)CNc1cc(Br)ccc1N. The van der Waals surface area contributed by atoms with Gasteiger partial charge in [0.1, 0.15) is 0 Å². The number of nitrogen functional groups attached to an aromatic ring is 1. The molecular formula is C12H18BrN3O. The largest absolute Gasteiger partial charge is 0.397 e. The molecule has 4 nitrogen and oxygen atoms in total. The van der Waals surface area contributed by atoms with Crippen LogP contribution in [0.15, 0.2) is 22.7 Å². The number of amides is 1. The van der Waals surface area contributed by atoms with Crippen LogP contribution in [0.3, 0.4) is 0 Å². The molecule has 1 amide bonds. The Hall–Kier alpha value is -1.23. The first-order valence-electron chi connectivity index (χ1n) is 5.38. The quantitative estimate of drug-likeness (QED) is 0.747. The van der Waals surface area contributed by atoms with Crippen LogP contribution in [0.5, 0.6) is 0 Å². The smallest absolute Gasteiger partial charge is 0.227 e. The molecule has 1 aromatic rings. The van der Waals surface area contributed by atoms with E-state index in [9.17, 15) is 4.79 Å². The van der Waals surface area contributed by atoms with Crippen LogP contribution in [0.2, 0.25) is 0 Å². The normalized spacial score (nSPS) is 11.1. The van der Waals surface area contributed by atoms with Crippen molar-refractivity contribution in [3.8, 4) is 0 Å². The van der Waals surface area contributed by atoms with Crippen molar-refractivity contribution in [2.24, 2.45) is 5.41 Å². The molecule has 94 valence electrons. The number of hydrogen-bond acceptors (Lipinski definition) is 3. The number of carbonyl (C=O) groups excluding carboxylic acids is 1. The van der Waals surface area contributed by atoms with Gasteiger partial charge >= 0.3 is 0 Å². The van der Waals surface area contributed by atoms with Crippen molar-refractivity contribution in [3.63, 3.8) is 0 Å². The zero-order valence-corrected chi connectivity index (χ0v) is 11.9. The van der Waals surface area contributed by atoms with Crippen LogP contribution < -0.4 is 16.4 Å². The molecule has 1 rings (SSSR count). The van der Waals surface area contributed by atoms with Crippen molar-refractivity contribution < 1.29 is 4.79 Å². The lowest BCUT2D eigenvalue weighted by Crippen LogP contribution is -2.39. The molecule has 0 radical (unpaired) electrons. The van der Waals surface area contributed by atoms with Crippen molar-refractivity contribution in [3.05, 3.63) is 22.7 Å². The van der Waals surface area contributed by atoms with E-state index in [1.807, 2.05) is 32.0 Å². The standard InChI is InChI=1S/C12H18BrN3O/c1-12(2,11(17)15-3)7-16-10-6-8(13)4-5-9(10)14/h4-6,16H,7,14H2,1-3H3,(H,15,17). The maximum absolute atomic E-state index is 11.6. The van der Waals surface area contributed by atoms with Crippen molar-refractivity contribution in [1.82, 2.24) is 5.32 Å². The fraction of sp³-hybridized carbons (Fsp3) is 0.417. The molecule has 1 aromatic carbocycles. The van der Waals surface area contributed by atoms with Crippen LogP contribution in [0, 0.1) is 5.41 Å². The number of anilines is 2. The zero-order chi connectivity index (χ0) is 13.1. The van der Waals surface area contributed by atoms with Crippen LogP contribution in [-0.2, 0) is 4.79 Å². The fourth-order valence-electron chi connectivity index (χ4n) is 1.42. The van der Waals surface area contributed by atoms with E-state index in [2.05, 4.69) is 26.6 Å². The number of hydrogen-bond donors (Lipinski definition) is 3. The van der Waals surface area contributed by atoms with Gasteiger partial charge in [-0.05, 0) is 32.0 Å². The average molecular weight is 300 g/mol. The second-order valence-corrected chi connectivity index (χ2v) is 5.46. The van der Waals surface area contributed by atoms with Crippen molar-refractivity contribution >= 4 is 33.2 Å². The molecule has 0 aliphatic rings. The summed E-state index contributed by atoms with van der Waals surface area (Å²) < 4.78 is 0.951. The van der Waals surface area contributed by atoms with Crippen LogP contribution in [0.1, 0.15) is 13.8 Å². The van der Waals surface area contributed by atoms with E-state index in [-0.39, 0.29) is 5.91 Å². The summed E-state index contributed by atoms with van der Waals surface area (Å²) in [4.78, 5) is 11.6. The summed E-state index contributed by atoms with van der Waals surface area (Å²) in [6.45, 7) is 4.29. The summed E-state index contributed by atoms with van der Waals surface area (Å²) in [5, 5.41) is 5.84. The van der Waals surface area contributed by atoms with E-state index in [0.29, 0.717) is 12.2 Å². The van der Waals surface area contributed by atoms with E-state index < -0.39 is 5.41 Å². The predicted octanol–water partition coefficient (Wildman–Crippen LogP) is 2.22. The summed E-state index contributed by atoms with van der Waals surface area (Å²) >= 11 is 3.38. The number of rotatable bonds is 4. The summed E-state index contributed by atoms with van der Waals surface area (Å²) in [7, 11) is 1.64. The van der Waals surface area contributed by atoms with Crippen molar-refractivity contribution in [1.29, 1.82) is 0 Å². The van der Waals surface area contributed by atoms with E-state index in [4.69, 9.17) is 5.73 Å². The number of nitrogens with one attached hydrogen (secondary N) is 2. The molecule has 0 saturated heterocycles. The Labute approximate surface area is 110 Å². The van der Waals surface area contributed by atoms with Gasteiger partial charge in [0.05, 0.1) is 16.8 Å². The number of benzene rings is 1. The molecule has 0 heterocycles. The topological polar surface area (TPSA) is 67.2 Å². The lowest BCUT2D eigenvalue weighted by Gasteiger charge is -2.24. The van der Waals surface area contributed by atoms with Gasteiger partial charge < -0.3 is 16.4 Å². The number of carbonyl (C=O) groups is 1. The lowest BCUT2D eigenvalue weighted by atomic mass is 9.92. The molecule has 0 fully saturated rings. The third kappa shape index (κ3) is 3.63. The Bertz CT molecular complexity index is 418. The fourth-order valence-corrected chi connectivity index (χ4v) is 1.78. The van der Waals surface area contributed by atoms with Crippen LogP contribution in [0.4, 0.5) is 11.4 Å². The summed E-state index contributed by atoms with van der Waals surface area (Å²) in [5.74, 6) is -0.00133. The second kappa shape index (κ2) is 5.40. The van der Waals surface area contributed by atoms with Gasteiger partial charge in [0.15, 0.2) is 0 Å². The minimum absolute atomic E-state index is 0.00133. The summed E-state index contributed by atoms with van der Waals surface area (Å²) in [6.07, 6.45) is 0. The zero-order valence-electron chi connectivity index (χ0n) is 10.3. The number of nitrogens with two attached hydrogens (primary N) is 1. The van der Waals surface area contributed by atoms with E-state index >= 15 is 0 Å². The Kier molecular flexibility index (Phi) is 4.40. The molecule has 0 aromatic heterocycles. The molecule has 0 unspecified atom stereocenters. The Morgan fingerprint density at radius 3 is 2.71 bits per heavy atom. The highest BCUT2D eigenvalue weighted by molar-refractivity contribution is 9.10. The summed E-state index contributed by atoms with van der Waals surface area (Å²) in [5.41, 5.74) is 6.86. The first-order chi connectivity index (χ1) is 7.86. The first kappa shape index (κ1) is 13.8. The molecule has 0 atom stereocenters. The van der Waals surface area contributed by atoms with Gasteiger partial charge in [0, 0.05) is 18.1 Å². The van der Waals surface area contributed by atoms with Gasteiger partial charge in [-0.25, -0.2) is 0 Å². The minimum atomic E-state index is -0.483. The van der Waals surface area contributed by atoms with Crippen LogP contribution in [-0.4, -0.2) is 19.5 Å². The van der Waals surface area contributed by atoms with Gasteiger partial charge in [0.2, 0.25) is 5.91 Å². The van der Waals surface area contributed by atoms with Gasteiger partial charge in [-0.2, -0.15) is 0 Å². The molecule has 0 spiro atoms. The molecule has 0 aliphatic heterocycles. The maximum Gasteiger partial charge on any atom is 0.227 e. The lowest BCUT2D eigenvalue weighted by molar-refractivity contribution is -0.128. The molecular weight excluding hydrogens is 282 g/mol. The number of halogens is 1. The van der Waals surface area contributed by atoms with E-state index in [1.165, 1.54) is 0 Å². The molecule has 0 bridgehead atoms. The molecule has 17 heavy (non-hydrogen) atoms. The van der Waals surface area contributed by atoms with E-state index in [0.717, 1.165) is 10.2 Å². The molecule has 0 saturated carbocycles. The molecule has 0 aliphatic carbocycles. The first-order valence-corrected chi connectivity index (χ1v) is 6.17. The Morgan fingerprint density at radius 1 is 1.47 bits per heavy atom. The van der Waals surface area contributed by atoms with Crippen molar-refractivity contribution in [2.45, 2.75) is 13.8 Å². The Morgan fingerprint density at radius 2 is 2.12 bits per heavy atom. The average Bonchev–Trinajstić information content (AvgIpc) is 2.29. The van der Waals surface area contributed by atoms with Gasteiger partial charge in [-0.15, -0.1) is 0 Å². The van der Waals surface area contributed by atoms with Gasteiger partial charge in [-0.1, -0.05) is 15.9 Å². The van der Waals surface area contributed by atoms with Gasteiger partial charge in [0.25, 0.3) is 0 Å². The van der Waals surface area contributed by atoms with Crippen molar-refractivity contribution in [2.75, 3.05) is 24.6 Å². The molecule has 5 heteroatoms. The van der Waals surface area contributed by atoms with Crippen LogP contribution >= 0.6 is 15.9 Å². The second-order valence-electron chi connectivity index (χ2n) is 4.55. The van der Waals surface area contributed by atoms with Crippen LogP contribution in [0.25, 0.3) is 0 Å². The predicted molar refractivity (Wildman–Crippen MR) is 74.9 cm³/mol. The minimum Gasteiger partial charge on any atom is -0.397 e. The van der Waals surface area contributed by atoms with E-state index in [1.54, 1.807) is 7.05 Å². The highest BCUT2D eigenvalue weighted by Gasteiger charge is 2.26. The highest BCUT2D eigenvalue weighted by Crippen LogP contribution is 2.25. The summed E-state index contributed by atoms with van der Waals surface area (Å²) in [6, 6.07) is 5.60. The van der Waals surface area contributed by atoms with Gasteiger partial charge in [-0.3, -0.25) is 4.79 Å². The third-order valence-electron chi connectivity index (χ3n) is 2.58. The monoisotopic (exact) mass is 299 g/mol.